The van der Waals surface area contributed by atoms with Gasteiger partial charge in [-0.3, -0.25) is 9.59 Å². The topological polar surface area (TPSA) is 46.6 Å². The Balaban J connectivity index is 4.47. The summed E-state index contributed by atoms with van der Waals surface area (Å²) >= 11 is 1.68. The first kappa shape index (κ1) is 26.3. The van der Waals surface area contributed by atoms with Gasteiger partial charge in [0, 0.05) is 29.5 Å². The van der Waals surface area contributed by atoms with E-state index in [0.717, 1.165) is 30.9 Å². The van der Waals surface area contributed by atoms with Gasteiger partial charge in [0.15, 0.2) is 0 Å². The molecular weight excluding hydrogens is 358 g/mol. The van der Waals surface area contributed by atoms with Crippen LogP contribution in [-0.4, -0.2) is 47.0 Å². The number of amides is 1. The number of hydrogen-bond donors (Lipinski definition) is 0. The van der Waals surface area contributed by atoms with Crippen LogP contribution in [0.5, 0.6) is 0 Å². The maximum atomic E-state index is 13.0. The number of esters is 1. The van der Waals surface area contributed by atoms with Crippen molar-refractivity contribution in [2.24, 2.45) is 16.7 Å². The predicted molar refractivity (Wildman–Crippen MR) is 117 cm³/mol. The Morgan fingerprint density at radius 1 is 1.04 bits per heavy atom. The van der Waals surface area contributed by atoms with Crippen LogP contribution in [0.3, 0.4) is 0 Å². The van der Waals surface area contributed by atoms with Crippen LogP contribution < -0.4 is 0 Å². The Hall–Kier alpha value is -0.710. The number of hydrogen-bond acceptors (Lipinski definition) is 4. The van der Waals surface area contributed by atoms with Crippen molar-refractivity contribution < 1.29 is 14.3 Å². The Bertz CT molecular complexity index is 475. The molecule has 5 heteroatoms. The van der Waals surface area contributed by atoms with Crippen LogP contribution in [-0.2, 0) is 14.3 Å². The van der Waals surface area contributed by atoms with E-state index in [1.807, 2.05) is 32.6 Å². The van der Waals surface area contributed by atoms with Gasteiger partial charge in [0.2, 0.25) is 5.91 Å². The second-order valence-corrected chi connectivity index (χ2v) is 11.5. The van der Waals surface area contributed by atoms with Crippen molar-refractivity contribution in [2.45, 2.75) is 87.6 Å². The third-order valence-corrected chi connectivity index (χ3v) is 6.04. The molecule has 0 fully saturated rings. The van der Waals surface area contributed by atoms with E-state index in [9.17, 15) is 9.59 Å². The van der Waals surface area contributed by atoms with Crippen LogP contribution in [0.2, 0.25) is 0 Å². The minimum absolute atomic E-state index is 0.0445. The average molecular weight is 402 g/mol. The van der Waals surface area contributed by atoms with Crippen molar-refractivity contribution in [3.8, 4) is 0 Å². The molecule has 0 aliphatic rings. The van der Waals surface area contributed by atoms with E-state index in [0.29, 0.717) is 6.61 Å². The van der Waals surface area contributed by atoms with E-state index in [1.54, 1.807) is 11.8 Å². The fourth-order valence-corrected chi connectivity index (χ4v) is 3.22. The summed E-state index contributed by atoms with van der Waals surface area (Å²) in [5, 5.41) is 0. The molecule has 0 heterocycles. The lowest BCUT2D eigenvalue weighted by Gasteiger charge is -2.39. The zero-order valence-corrected chi connectivity index (χ0v) is 20.2. The third kappa shape index (κ3) is 10.4. The van der Waals surface area contributed by atoms with E-state index in [-0.39, 0.29) is 28.7 Å². The maximum absolute atomic E-state index is 13.0. The molecule has 1 unspecified atom stereocenters. The van der Waals surface area contributed by atoms with Gasteiger partial charge in [0.05, 0.1) is 5.41 Å². The zero-order valence-electron chi connectivity index (χ0n) is 19.4. The highest BCUT2D eigenvalue weighted by molar-refractivity contribution is 7.99. The highest BCUT2D eigenvalue weighted by atomic mass is 32.2. The van der Waals surface area contributed by atoms with Gasteiger partial charge < -0.3 is 9.64 Å². The van der Waals surface area contributed by atoms with Gasteiger partial charge in [-0.25, -0.2) is 0 Å². The van der Waals surface area contributed by atoms with Gasteiger partial charge in [-0.1, -0.05) is 34.6 Å². The molecule has 0 aliphatic heterocycles. The summed E-state index contributed by atoms with van der Waals surface area (Å²) in [7, 11) is 0. The molecule has 27 heavy (non-hydrogen) atoms. The van der Waals surface area contributed by atoms with Gasteiger partial charge in [0.25, 0.3) is 0 Å². The molecule has 0 aromatic rings. The minimum atomic E-state index is -0.422. The van der Waals surface area contributed by atoms with Crippen molar-refractivity contribution >= 4 is 23.6 Å². The quantitative estimate of drug-likeness (QED) is 0.363. The molecule has 0 aromatic heterocycles. The van der Waals surface area contributed by atoms with E-state index < -0.39 is 5.41 Å². The fraction of sp³-hybridized carbons (Fsp3) is 0.909. The molecule has 0 spiro atoms. The average Bonchev–Trinajstić information content (AvgIpc) is 2.51. The summed E-state index contributed by atoms with van der Waals surface area (Å²) in [6.45, 7) is 21.9. The Kier molecular flexibility index (Phi) is 10.4. The lowest BCUT2D eigenvalue weighted by Crippen LogP contribution is -2.49. The highest BCUT2D eigenvalue weighted by Crippen LogP contribution is 2.25. The Labute approximate surface area is 172 Å². The van der Waals surface area contributed by atoms with Gasteiger partial charge in [-0.15, -0.1) is 0 Å². The van der Waals surface area contributed by atoms with Crippen LogP contribution >= 0.6 is 11.8 Å². The van der Waals surface area contributed by atoms with E-state index in [4.69, 9.17) is 4.74 Å². The molecule has 0 rings (SSSR count). The Morgan fingerprint density at radius 3 is 2.04 bits per heavy atom. The first-order valence-electron chi connectivity index (χ1n) is 10.2. The zero-order chi connectivity index (χ0) is 21.5. The van der Waals surface area contributed by atoms with Crippen molar-refractivity contribution in [1.82, 2.24) is 4.90 Å². The minimum Gasteiger partial charge on any atom is -0.464 e. The van der Waals surface area contributed by atoms with Crippen LogP contribution in [0.25, 0.3) is 0 Å². The van der Waals surface area contributed by atoms with E-state index >= 15 is 0 Å². The lowest BCUT2D eigenvalue weighted by atomic mass is 9.90. The van der Waals surface area contributed by atoms with Gasteiger partial charge in [0.1, 0.15) is 6.61 Å². The standard InChI is InChI=1S/C22H43NO3S/c1-11-22(9,10)19(25)26-14-15-27-16-17(2)18(24)23(21(6,7)8)13-12-20(3,4)5/h17H,11-16H2,1-10H3. The molecule has 4 nitrogen and oxygen atoms in total. The van der Waals surface area contributed by atoms with Gasteiger partial charge in [-0.2, -0.15) is 11.8 Å². The fourth-order valence-electron chi connectivity index (χ4n) is 2.35. The maximum Gasteiger partial charge on any atom is 0.311 e. The van der Waals surface area contributed by atoms with Gasteiger partial charge >= 0.3 is 5.97 Å². The number of rotatable bonds is 10. The van der Waals surface area contributed by atoms with Crippen molar-refractivity contribution in [2.75, 3.05) is 24.7 Å². The smallest absolute Gasteiger partial charge is 0.311 e. The molecule has 1 amide bonds. The predicted octanol–water partition coefficient (Wildman–Crippen LogP) is 5.40. The van der Waals surface area contributed by atoms with Crippen molar-refractivity contribution in [3.05, 3.63) is 0 Å². The molecule has 0 aromatic carbocycles. The molecule has 0 radical (unpaired) electrons. The summed E-state index contributed by atoms with van der Waals surface area (Å²) in [6.07, 6.45) is 1.75. The summed E-state index contributed by atoms with van der Waals surface area (Å²) in [6, 6.07) is 0. The highest BCUT2D eigenvalue weighted by Gasteiger charge is 2.30. The van der Waals surface area contributed by atoms with Crippen LogP contribution in [0, 0.1) is 16.7 Å². The number of thioether (sulfide) groups is 1. The van der Waals surface area contributed by atoms with E-state index in [2.05, 4.69) is 41.5 Å². The molecular formula is C22H43NO3S. The molecule has 0 saturated heterocycles. The normalized spacial score (nSPS) is 14.0. The summed E-state index contributed by atoms with van der Waals surface area (Å²) < 4.78 is 5.36. The molecule has 0 aliphatic carbocycles. The van der Waals surface area contributed by atoms with Gasteiger partial charge in [-0.05, 0) is 52.9 Å². The van der Waals surface area contributed by atoms with Crippen LogP contribution in [0.4, 0.5) is 0 Å². The first-order chi connectivity index (χ1) is 12.1. The summed E-state index contributed by atoms with van der Waals surface area (Å²) in [5.74, 6) is 1.49. The second-order valence-electron chi connectivity index (χ2n) is 10.3. The molecule has 160 valence electrons. The number of ether oxygens (including phenoxy) is 1. The summed E-state index contributed by atoms with van der Waals surface area (Å²) in [4.78, 5) is 27.0. The van der Waals surface area contributed by atoms with Crippen LogP contribution in [0.1, 0.15) is 82.1 Å². The van der Waals surface area contributed by atoms with Crippen molar-refractivity contribution in [1.29, 1.82) is 0 Å². The SMILES string of the molecule is CCC(C)(C)C(=O)OCCSCC(C)C(=O)N(CCC(C)(C)C)C(C)(C)C. The number of carbonyl (C=O) groups is 2. The summed E-state index contributed by atoms with van der Waals surface area (Å²) in [5.41, 5.74) is -0.394. The largest absolute Gasteiger partial charge is 0.464 e. The monoisotopic (exact) mass is 401 g/mol. The van der Waals surface area contributed by atoms with Crippen molar-refractivity contribution in [3.63, 3.8) is 0 Å². The third-order valence-electron chi connectivity index (χ3n) is 4.85. The molecule has 0 bridgehead atoms. The lowest BCUT2D eigenvalue weighted by molar-refractivity contribution is -0.153. The molecule has 1 atom stereocenters. The van der Waals surface area contributed by atoms with Crippen LogP contribution in [0.15, 0.2) is 0 Å². The Morgan fingerprint density at radius 2 is 1.59 bits per heavy atom. The van der Waals surface area contributed by atoms with E-state index in [1.165, 1.54) is 0 Å². The first-order valence-corrected chi connectivity index (χ1v) is 11.3. The number of carbonyl (C=O) groups excluding carboxylic acids is 2. The molecule has 0 saturated carbocycles. The number of nitrogens with zero attached hydrogens (tertiary/aromatic N) is 1. The molecule has 0 N–H and O–H groups in total. The second kappa shape index (κ2) is 10.7.